The Bertz CT molecular complexity index is 816. The molecular formula is C20H24N2O4S2. The van der Waals surface area contributed by atoms with Crippen LogP contribution in [0.4, 0.5) is 0 Å². The molecule has 0 radical (unpaired) electrons. The van der Waals surface area contributed by atoms with E-state index in [1.807, 2.05) is 11.0 Å². The predicted molar refractivity (Wildman–Crippen MR) is 114 cm³/mol. The lowest BCUT2D eigenvalue weighted by atomic mass is 9.99. The third kappa shape index (κ3) is 4.50. The Balaban J connectivity index is 1.71. The molecule has 1 aromatic carbocycles. The lowest BCUT2D eigenvalue weighted by Gasteiger charge is -2.31. The molecule has 1 aromatic rings. The van der Waals surface area contributed by atoms with E-state index in [9.17, 15) is 9.59 Å². The van der Waals surface area contributed by atoms with Crippen molar-refractivity contribution in [2.45, 2.75) is 19.8 Å². The summed E-state index contributed by atoms with van der Waals surface area (Å²) in [5.41, 5.74) is 0.800. The van der Waals surface area contributed by atoms with Crippen molar-refractivity contribution >= 4 is 46.2 Å². The van der Waals surface area contributed by atoms with Crippen LogP contribution in [0.25, 0.3) is 6.08 Å². The van der Waals surface area contributed by atoms with Gasteiger partial charge in [-0.1, -0.05) is 37.0 Å². The zero-order valence-corrected chi connectivity index (χ0v) is 17.9. The van der Waals surface area contributed by atoms with Crippen LogP contribution in [0.3, 0.4) is 0 Å². The highest BCUT2D eigenvalue weighted by molar-refractivity contribution is 8.26. The maximum absolute atomic E-state index is 12.8. The number of rotatable bonds is 5. The molecule has 2 amide bonds. The molecule has 2 saturated heterocycles. The minimum atomic E-state index is -0.233. The molecule has 2 aliphatic heterocycles. The first kappa shape index (κ1) is 20.7. The van der Waals surface area contributed by atoms with Crippen LogP contribution in [0.2, 0.25) is 0 Å². The number of hydrogen-bond donors (Lipinski definition) is 0. The zero-order valence-electron chi connectivity index (χ0n) is 16.3. The summed E-state index contributed by atoms with van der Waals surface area (Å²) < 4.78 is 11.0. The zero-order chi connectivity index (χ0) is 20.3. The summed E-state index contributed by atoms with van der Waals surface area (Å²) in [6, 6.07) is 5.42. The van der Waals surface area contributed by atoms with Gasteiger partial charge in [-0.25, -0.2) is 0 Å². The van der Waals surface area contributed by atoms with Crippen LogP contribution in [0, 0.1) is 5.92 Å². The number of carbonyl (C=O) groups is 2. The molecule has 0 bridgehead atoms. The fourth-order valence-electron chi connectivity index (χ4n) is 3.22. The lowest BCUT2D eigenvalue weighted by Crippen LogP contribution is -2.45. The quantitative estimate of drug-likeness (QED) is 0.539. The van der Waals surface area contributed by atoms with Gasteiger partial charge in [-0.15, -0.1) is 0 Å². The van der Waals surface area contributed by atoms with Crippen LogP contribution >= 0.6 is 24.0 Å². The summed E-state index contributed by atoms with van der Waals surface area (Å²) in [6.07, 6.45) is 3.76. The third-order valence-electron chi connectivity index (χ3n) is 5.01. The number of piperidine rings is 1. The summed E-state index contributed by atoms with van der Waals surface area (Å²) in [5.74, 6) is 1.57. The molecule has 2 aliphatic rings. The first-order valence-corrected chi connectivity index (χ1v) is 10.4. The molecule has 0 N–H and O–H groups in total. The second kappa shape index (κ2) is 8.96. The van der Waals surface area contributed by atoms with E-state index in [4.69, 9.17) is 21.7 Å². The van der Waals surface area contributed by atoms with Crippen LogP contribution in [-0.4, -0.2) is 59.8 Å². The number of ether oxygens (including phenoxy) is 2. The molecule has 0 spiro atoms. The Morgan fingerprint density at radius 2 is 1.93 bits per heavy atom. The minimum Gasteiger partial charge on any atom is -0.493 e. The van der Waals surface area contributed by atoms with Crippen molar-refractivity contribution in [1.29, 1.82) is 0 Å². The molecule has 6 nitrogen and oxygen atoms in total. The van der Waals surface area contributed by atoms with E-state index in [-0.39, 0.29) is 18.4 Å². The van der Waals surface area contributed by atoms with Gasteiger partial charge in [0.15, 0.2) is 11.5 Å². The van der Waals surface area contributed by atoms with Crippen molar-refractivity contribution < 1.29 is 19.1 Å². The van der Waals surface area contributed by atoms with E-state index >= 15 is 0 Å². The molecule has 2 fully saturated rings. The number of thioether (sulfide) groups is 1. The first-order valence-electron chi connectivity index (χ1n) is 9.18. The SMILES string of the molecule is COc1ccc(/C=C2\SC(=S)N(CC(=O)N3CCC(C)CC3)C2=O)cc1OC. The molecule has 150 valence electrons. The van der Waals surface area contributed by atoms with Crippen LogP contribution in [0.15, 0.2) is 23.1 Å². The Labute approximate surface area is 174 Å². The average molecular weight is 421 g/mol. The highest BCUT2D eigenvalue weighted by Crippen LogP contribution is 2.34. The fraction of sp³-hybridized carbons (Fsp3) is 0.450. The Kier molecular flexibility index (Phi) is 6.61. The van der Waals surface area contributed by atoms with Gasteiger partial charge in [0.25, 0.3) is 5.91 Å². The smallest absolute Gasteiger partial charge is 0.266 e. The van der Waals surface area contributed by atoms with E-state index in [2.05, 4.69) is 6.92 Å². The molecular weight excluding hydrogens is 396 g/mol. The first-order chi connectivity index (χ1) is 13.4. The van der Waals surface area contributed by atoms with Crippen molar-refractivity contribution in [2.75, 3.05) is 33.9 Å². The molecule has 8 heteroatoms. The van der Waals surface area contributed by atoms with Gasteiger partial charge in [0.2, 0.25) is 5.91 Å². The second-order valence-corrected chi connectivity index (χ2v) is 8.62. The van der Waals surface area contributed by atoms with Gasteiger partial charge in [0.1, 0.15) is 10.9 Å². The molecule has 3 rings (SSSR count). The number of thiocarbonyl (C=S) groups is 1. The highest BCUT2D eigenvalue weighted by Gasteiger charge is 2.34. The normalized spacial score (nSPS) is 19.5. The number of likely N-dealkylation sites (tertiary alicyclic amines) is 1. The fourth-order valence-corrected chi connectivity index (χ4v) is 4.48. The molecule has 0 aromatic heterocycles. The highest BCUT2D eigenvalue weighted by atomic mass is 32.2. The summed E-state index contributed by atoms with van der Waals surface area (Å²) in [6.45, 7) is 3.69. The monoisotopic (exact) mass is 420 g/mol. The summed E-state index contributed by atoms with van der Waals surface area (Å²) in [7, 11) is 3.14. The van der Waals surface area contributed by atoms with E-state index in [1.54, 1.807) is 32.4 Å². The number of nitrogens with zero attached hydrogens (tertiary/aromatic N) is 2. The second-order valence-electron chi connectivity index (χ2n) is 6.95. The lowest BCUT2D eigenvalue weighted by molar-refractivity contribution is -0.136. The number of amides is 2. The summed E-state index contributed by atoms with van der Waals surface area (Å²) in [5, 5.41) is 0. The molecule has 2 heterocycles. The number of methoxy groups -OCH3 is 2. The summed E-state index contributed by atoms with van der Waals surface area (Å²) >= 11 is 6.56. The number of benzene rings is 1. The third-order valence-corrected chi connectivity index (χ3v) is 6.39. The van der Waals surface area contributed by atoms with Crippen molar-refractivity contribution in [3.05, 3.63) is 28.7 Å². The average Bonchev–Trinajstić information content (AvgIpc) is 2.95. The van der Waals surface area contributed by atoms with Crippen molar-refractivity contribution in [3.8, 4) is 11.5 Å². The van der Waals surface area contributed by atoms with E-state index in [0.717, 1.165) is 31.5 Å². The number of hydrogen-bond acceptors (Lipinski definition) is 6. The standard InChI is InChI=1S/C20H24N2O4S2/c1-13-6-8-21(9-7-13)18(23)12-22-19(24)17(28-20(22)27)11-14-4-5-15(25-2)16(10-14)26-3/h4-5,10-11,13H,6-9,12H2,1-3H3/b17-11-. The van der Waals surface area contributed by atoms with Crippen LogP contribution in [-0.2, 0) is 9.59 Å². The van der Waals surface area contributed by atoms with Gasteiger partial charge in [-0.3, -0.25) is 14.5 Å². The van der Waals surface area contributed by atoms with E-state index < -0.39 is 0 Å². The van der Waals surface area contributed by atoms with E-state index in [1.165, 1.54) is 16.7 Å². The van der Waals surface area contributed by atoms with Gasteiger partial charge in [-0.2, -0.15) is 0 Å². The van der Waals surface area contributed by atoms with Crippen molar-refractivity contribution in [2.24, 2.45) is 5.92 Å². The van der Waals surface area contributed by atoms with Gasteiger partial charge in [0.05, 0.1) is 19.1 Å². The molecule has 0 atom stereocenters. The largest absolute Gasteiger partial charge is 0.493 e. The topological polar surface area (TPSA) is 59.1 Å². The maximum atomic E-state index is 12.8. The van der Waals surface area contributed by atoms with Crippen molar-refractivity contribution in [3.63, 3.8) is 0 Å². The Morgan fingerprint density at radius 1 is 1.25 bits per heavy atom. The molecule has 0 saturated carbocycles. The molecule has 0 aliphatic carbocycles. The van der Waals surface area contributed by atoms with Crippen LogP contribution < -0.4 is 9.47 Å². The maximum Gasteiger partial charge on any atom is 0.266 e. The molecule has 0 unspecified atom stereocenters. The Hall–Kier alpha value is -2.06. The van der Waals surface area contributed by atoms with Crippen LogP contribution in [0.5, 0.6) is 11.5 Å². The van der Waals surface area contributed by atoms with Gasteiger partial charge < -0.3 is 14.4 Å². The van der Waals surface area contributed by atoms with E-state index in [0.29, 0.717) is 26.6 Å². The summed E-state index contributed by atoms with van der Waals surface area (Å²) in [4.78, 5) is 29.1. The van der Waals surface area contributed by atoms with Gasteiger partial charge >= 0.3 is 0 Å². The minimum absolute atomic E-state index is 0.00230. The van der Waals surface area contributed by atoms with Crippen molar-refractivity contribution in [1.82, 2.24) is 9.80 Å². The van der Waals surface area contributed by atoms with Crippen LogP contribution in [0.1, 0.15) is 25.3 Å². The Morgan fingerprint density at radius 3 is 2.57 bits per heavy atom. The predicted octanol–water partition coefficient (Wildman–Crippen LogP) is 3.16. The van der Waals surface area contributed by atoms with Gasteiger partial charge in [0, 0.05) is 13.1 Å². The number of carbonyl (C=O) groups excluding carboxylic acids is 2. The van der Waals surface area contributed by atoms with Gasteiger partial charge in [-0.05, 0) is 42.5 Å². The molecule has 28 heavy (non-hydrogen) atoms.